The summed E-state index contributed by atoms with van der Waals surface area (Å²) in [6, 6.07) is 25.1. The predicted molar refractivity (Wildman–Crippen MR) is 135 cm³/mol. The lowest BCUT2D eigenvalue weighted by Crippen LogP contribution is -2.30. The predicted octanol–water partition coefficient (Wildman–Crippen LogP) is 4.70. The molecule has 0 spiro atoms. The lowest BCUT2D eigenvalue weighted by atomic mass is 10.1. The van der Waals surface area contributed by atoms with Gasteiger partial charge in [-0.05, 0) is 53.9 Å². The van der Waals surface area contributed by atoms with Gasteiger partial charge in [0.15, 0.2) is 0 Å². The number of carbonyl (C=O) groups is 3. The first kappa shape index (κ1) is 23.0. The Labute approximate surface area is 208 Å². The van der Waals surface area contributed by atoms with Gasteiger partial charge in [0.1, 0.15) is 6.61 Å². The van der Waals surface area contributed by atoms with Crippen molar-refractivity contribution in [3.8, 4) is 5.88 Å². The molecule has 0 saturated heterocycles. The molecule has 7 nitrogen and oxygen atoms in total. The number of rotatable bonds is 7. The van der Waals surface area contributed by atoms with E-state index >= 15 is 0 Å². The molecule has 0 bridgehead atoms. The molecule has 1 aromatic heterocycles. The van der Waals surface area contributed by atoms with Gasteiger partial charge < -0.3 is 10.1 Å². The molecule has 1 N–H and O–H groups in total. The topological polar surface area (TPSA) is 88.6 Å². The summed E-state index contributed by atoms with van der Waals surface area (Å²) < 4.78 is 5.75. The molecular formula is C29H23N3O4. The molecule has 3 amide bonds. The molecule has 0 saturated carbocycles. The van der Waals surface area contributed by atoms with Crippen LogP contribution in [0.4, 0.5) is 5.69 Å². The fourth-order valence-corrected chi connectivity index (χ4v) is 4.07. The number of aromatic nitrogens is 1. The quantitative estimate of drug-likeness (QED) is 0.390. The fourth-order valence-electron chi connectivity index (χ4n) is 4.07. The third kappa shape index (κ3) is 4.59. The van der Waals surface area contributed by atoms with Crippen molar-refractivity contribution in [3.63, 3.8) is 0 Å². The van der Waals surface area contributed by atoms with Crippen LogP contribution in [0.25, 0.3) is 0 Å². The van der Waals surface area contributed by atoms with Crippen molar-refractivity contribution in [1.29, 1.82) is 0 Å². The van der Waals surface area contributed by atoms with E-state index in [0.29, 0.717) is 23.7 Å². The summed E-state index contributed by atoms with van der Waals surface area (Å²) in [5.41, 5.74) is 4.01. The SMILES string of the molecule is Cc1ccccc1N1C(=O)c2ccc(C(=O)NCc3ccnc(OCc4ccccc4)c3)cc2C1=O. The second-order valence-electron chi connectivity index (χ2n) is 8.45. The van der Waals surface area contributed by atoms with Crippen LogP contribution >= 0.6 is 0 Å². The van der Waals surface area contributed by atoms with Crippen LogP contribution in [0, 0.1) is 6.92 Å². The van der Waals surface area contributed by atoms with E-state index in [1.54, 1.807) is 36.5 Å². The molecule has 36 heavy (non-hydrogen) atoms. The number of hydrogen-bond donors (Lipinski definition) is 1. The first-order valence-corrected chi connectivity index (χ1v) is 11.5. The Morgan fingerprint density at radius 3 is 2.42 bits per heavy atom. The molecule has 3 aromatic carbocycles. The average molecular weight is 478 g/mol. The van der Waals surface area contributed by atoms with Gasteiger partial charge in [-0.25, -0.2) is 9.88 Å². The molecular weight excluding hydrogens is 454 g/mol. The summed E-state index contributed by atoms with van der Waals surface area (Å²) in [6.45, 7) is 2.49. The van der Waals surface area contributed by atoms with Crippen LogP contribution in [0.3, 0.4) is 0 Å². The Kier molecular flexibility index (Phi) is 6.28. The van der Waals surface area contributed by atoms with Crippen molar-refractivity contribution >= 4 is 23.4 Å². The van der Waals surface area contributed by atoms with Gasteiger partial charge in [-0.1, -0.05) is 48.5 Å². The molecule has 1 aliphatic heterocycles. The largest absolute Gasteiger partial charge is 0.473 e. The van der Waals surface area contributed by atoms with Crippen LogP contribution in [-0.4, -0.2) is 22.7 Å². The van der Waals surface area contributed by atoms with E-state index in [2.05, 4.69) is 10.3 Å². The van der Waals surface area contributed by atoms with Gasteiger partial charge in [-0.2, -0.15) is 0 Å². The lowest BCUT2D eigenvalue weighted by molar-refractivity contribution is 0.0923. The monoisotopic (exact) mass is 477 g/mol. The van der Waals surface area contributed by atoms with E-state index in [4.69, 9.17) is 4.74 Å². The minimum atomic E-state index is -0.437. The van der Waals surface area contributed by atoms with Crippen LogP contribution in [-0.2, 0) is 13.2 Å². The number of hydrogen-bond acceptors (Lipinski definition) is 5. The van der Waals surface area contributed by atoms with Gasteiger partial charge in [0, 0.05) is 24.4 Å². The first-order valence-electron chi connectivity index (χ1n) is 11.5. The maximum atomic E-state index is 13.1. The number of amides is 3. The Hall–Kier alpha value is -4.78. The summed E-state index contributed by atoms with van der Waals surface area (Å²) in [6.07, 6.45) is 1.63. The van der Waals surface area contributed by atoms with Crippen molar-refractivity contribution in [2.75, 3.05) is 4.90 Å². The molecule has 0 fully saturated rings. The number of nitrogens with one attached hydrogen (secondary N) is 1. The molecule has 7 heteroatoms. The second kappa shape index (κ2) is 9.84. The van der Waals surface area contributed by atoms with E-state index < -0.39 is 11.8 Å². The third-order valence-electron chi connectivity index (χ3n) is 5.99. The normalized spacial score (nSPS) is 12.4. The van der Waals surface area contributed by atoms with Crippen LogP contribution in [0.5, 0.6) is 5.88 Å². The zero-order valence-corrected chi connectivity index (χ0v) is 19.6. The van der Waals surface area contributed by atoms with Crippen molar-refractivity contribution < 1.29 is 19.1 Å². The summed E-state index contributed by atoms with van der Waals surface area (Å²) >= 11 is 0. The zero-order valence-electron chi connectivity index (χ0n) is 19.6. The molecule has 4 aromatic rings. The maximum absolute atomic E-state index is 13.1. The first-order chi connectivity index (χ1) is 17.5. The number of nitrogens with zero attached hydrogens (tertiary/aromatic N) is 2. The molecule has 178 valence electrons. The zero-order chi connectivity index (χ0) is 25.1. The Bertz CT molecular complexity index is 1470. The molecule has 5 rings (SSSR count). The number of benzene rings is 3. The van der Waals surface area contributed by atoms with Crippen LogP contribution in [0.2, 0.25) is 0 Å². The minimum Gasteiger partial charge on any atom is -0.473 e. The van der Waals surface area contributed by atoms with E-state index in [9.17, 15) is 14.4 Å². The number of imide groups is 1. The molecule has 1 aliphatic rings. The molecule has 0 atom stereocenters. The molecule has 0 aliphatic carbocycles. The van der Waals surface area contributed by atoms with E-state index in [1.807, 2.05) is 49.4 Å². The number of aryl methyl sites for hydroxylation is 1. The van der Waals surface area contributed by atoms with Crippen molar-refractivity contribution in [3.05, 3.63) is 125 Å². The van der Waals surface area contributed by atoms with Crippen LogP contribution in [0.15, 0.2) is 91.1 Å². The highest BCUT2D eigenvalue weighted by atomic mass is 16.5. The number of fused-ring (bicyclic) bond motifs is 1. The van der Waals surface area contributed by atoms with Gasteiger partial charge in [0.2, 0.25) is 5.88 Å². The fraction of sp³-hybridized carbons (Fsp3) is 0.103. The smallest absolute Gasteiger partial charge is 0.266 e. The highest BCUT2D eigenvalue weighted by Crippen LogP contribution is 2.31. The molecule has 2 heterocycles. The summed E-state index contributed by atoms with van der Waals surface area (Å²) in [5.74, 6) is -0.719. The summed E-state index contributed by atoms with van der Waals surface area (Å²) in [5, 5.41) is 2.85. The summed E-state index contributed by atoms with van der Waals surface area (Å²) in [4.78, 5) is 44.2. The molecule has 0 radical (unpaired) electrons. The second-order valence-corrected chi connectivity index (χ2v) is 8.45. The van der Waals surface area contributed by atoms with Crippen molar-refractivity contribution in [1.82, 2.24) is 10.3 Å². The lowest BCUT2D eigenvalue weighted by Gasteiger charge is -2.16. The van der Waals surface area contributed by atoms with Gasteiger partial charge >= 0.3 is 0 Å². The van der Waals surface area contributed by atoms with Crippen molar-refractivity contribution in [2.24, 2.45) is 0 Å². The third-order valence-corrected chi connectivity index (χ3v) is 5.99. The van der Waals surface area contributed by atoms with E-state index in [0.717, 1.165) is 21.6 Å². The maximum Gasteiger partial charge on any atom is 0.266 e. The Morgan fingerprint density at radius 2 is 1.61 bits per heavy atom. The van der Waals surface area contributed by atoms with Gasteiger partial charge in [0.25, 0.3) is 17.7 Å². The summed E-state index contributed by atoms with van der Waals surface area (Å²) in [7, 11) is 0. The van der Waals surface area contributed by atoms with Gasteiger partial charge in [-0.15, -0.1) is 0 Å². The highest BCUT2D eigenvalue weighted by molar-refractivity contribution is 6.35. The van der Waals surface area contributed by atoms with E-state index in [1.165, 1.54) is 12.1 Å². The standard InChI is InChI=1S/C29H23N3O4/c1-19-7-5-6-10-25(19)32-28(34)23-12-11-22(16-24(23)29(32)35)27(33)31-17-21-13-14-30-26(15-21)36-18-20-8-3-2-4-9-20/h2-16H,17-18H2,1H3,(H,31,33). The number of pyridine rings is 1. The van der Waals surface area contributed by atoms with Gasteiger partial charge in [0.05, 0.1) is 16.8 Å². The Morgan fingerprint density at radius 1 is 0.861 bits per heavy atom. The highest BCUT2D eigenvalue weighted by Gasteiger charge is 2.37. The van der Waals surface area contributed by atoms with Crippen LogP contribution in [0.1, 0.15) is 47.8 Å². The van der Waals surface area contributed by atoms with E-state index in [-0.39, 0.29) is 23.6 Å². The number of para-hydroxylation sites is 1. The Balaban J connectivity index is 1.26. The minimum absolute atomic E-state index is 0.219. The van der Waals surface area contributed by atoms with Crippen molar-refractivity contribution in [2.45, 2.75) is 20.1 Å². The van der Waals surface area contributed by atoms with Gasteiger partial charge in [-0.3, -0.25) is 14.4 Å². The number of ether oxygens (including phenoxy) is 1. The molecule has 0 unspecified atom stereocenters. The number of anilines is 1. The average Bonchev–Trinajstić information content (AvgIpc) is 3.16. The van der Waals surface area contributed by atoms with Crippen LogP contribution < -0.4 is 15.0 Å². The number of carbonyl (C=O) groups excluding carboxylic acids is 3.